The summed E-state index contributed by atoms with van der Waals surface area (Å²) >= 11 is 0. The molecule has 1 saturated heterocycles. The Labute approximate surface area is 130 Å². The molecule has 1 fully saturated rings. The Hall–Kier alpha value is -0.740. The molecular weight excluding hydrogens is 338 g/mol. The lowest BCUT2D eigenvalue weighted by atomic mass is 10.1. The number of hydrogen-bond donors (Lipinski definition) is 2. The van der Waals surface area contributed by atoms with Crippen molar-refractivity contribution in [2.24, 2.45) is 0 Å². The molecule has 120 valence electrons. The predicted octanol–water partition coefficient (Wildman–Crippen LogP) is -0.0628. The van der Waals surface area contributed by atoms with Gasteiger partial charge in [0.05, 0.1) is 0 Å². The van der Waals surface area contributed by atoms with Crippen LogP contribution in [0.3, 0.4) is 0 Å². The Balaban J connectivity index is 0.00000220. The highest BCUT2D eigenvalue weighted by Crippen LogP contribution is 2.13. The highest BCUT2D eigenvalue weighted by Gasteiger charge is 2.22. The number of hydrogen-bond acceptors (Lipinski definition) is 6. The van der Waals surface area contributed by atoms with Gasteiger partial charge in [0.1, 0.15) is 4.90 Å². The molecule has 10 heteroatoms. The summed E-state index contributed by atoms with van der Waals surface area (Å²) in [5, 5.41) is 3.01. The van der Waals surface area contributed by atoms with Crippen LogP contribution in [0.15, 0.2) is 28.3 Å². The van der Waals surface area contributed by atoms with Gasteiger partial charge in [0, 0.05) is 18.5 Å². The summed E-state index contributed by atoms with van der Waals surface area (Å²) < 4.78 is 49.4. The van der Waals surface area contributed by atoms with Gasteiger partial charge in [-0.1, -0.05) is 0 Å². The molecule has 0 radical (unpaired) electrons. The molecule has 2 heterocycles. The maximum atomic E-state index is 12.1. The number of halogens is 1. The summed E-state index contributed by atoms with van der Waals surface area (Å²) in [6.07, 6.45) is 3.55. The fraction of sp³-hybridized carbons (Fsp3) is 0.545. The van der Waals surface area contributed by atoms with E-state index in [4.69, 9.17) is 0 Å². The molecule has 0 aromatic carbocycles. The summed E-state index contributed by atoms with van der Waals surface area (Å²) in [7, 11) is -7.08. The molecule has 21 heavy (non-hydrogen) atoms. The van der Waals surface area contributed by atoms with Crippen molar-refractivity contribution in [3.8, 4) is 0 Å². The third-order valence-corrected chi connectivity index (χ3v) is 5.57. The number of nitrogens with one attached hydrogen (secondary N) is 2. The minimum atomic E-state index is -3.66. The average molecular weight is 356 g/mol. The van der Waals surface area contributed by atoms with E-state index in [2.05, 4.69) is 15.0 Å². The van der Waals surface area contributed by atoms with Gasteiger partial charge in [-0.15, -0.1) is 12.4 Å². The van der Waals surface area contributed by atoms with Crippen LogP contribution >= 0.6 is 12.4 Å². The van der Waals surface area contributed by atoms with Gasteiger partial charge in [-0.3, -0.25) is 0 Å². The molecule has 0 saturated carbocycles. The first-order valence-electron chi connectivity index (χ1n) is 6.18. The SMILES string of the molecule is CS(=O)(=O)c1ccc(S(=O)(=O)NC2CCNCC2)cn1.Cl. The van der Waals surface area contributed by atoms with Crippen molar-refractivity contribution in [3.63, 3.8) is 0 Å². The van der Waals surface area contributed by atoms with Crippen LogP contribution in [0.2, 0.25) is 0 Å². The molecule has 0 spiro atoms. The molecule has 2 N–H and O–H groups in total. The number of sulfone groups is 1. The van der Waals surface area contributed by atoms with E-state index in [9.17, 15) is 16.8 Å². The maximum Gasteiger partial charge on any atom is 0.242 e. The molecule has 0 amide bonds. The lowest BCUT2D eigenvalue weighted by Gasteiger charge is -2.23. The number of piperidine rings is 1. The fourth-order valence-electron chi connectivity index (χ4n) is 1.97. The number of pyridine rings is 1. The fourth-order valence-corrected chi connectivity index (χ4v) is 3.78. The number of rotatable bonds is 4. The first-order valence-corrected chi connectivity index (χ1v) is 9.56. The van der Waals surface area contributed by atoms with Crippen molar-refractivity contribution in [1.82, 2.24) is 15.0 Å². The van der Waals surface area contributed by atoms with Gasteiger partial charge in [0.15, 0.2) is 14.9 Å². The van der Waals surface area contributed by atoms with E-state index in [1.807, 2.05) is 0 Å². The van der Waals surface area contributed by atoms with Gasteiger partial charge < -0.3 is 5.32 Å². The molecule has 0 aliphatic carbocycles. The van der Waals surface area contributed by atoms with E-state index in [0.717, 1.165) is 38.4 Å². The Morgan fingerprint density at radius 1 is 1.19 bits per heavy atom. The van der Waals surface area contributed by atoms with Crippen molar-refractivity contribution in [1.29, 1.82) is 0 Å². The minimum Gasteiger partial charge on any atom is -0.317 e. The maximum absolute atomic E-state index is 12.1. The third kappa shape index (κ3) is 4.89. The molecule has 7 nitrogen and oxygen atoms in total. The van der Waals surface area contributed by atoms with Crippen LogP contribution in [0, 0.1) is 0 Å². The van der Waals surface area contributed by atoms with Crippen LogP contribution in [-0.4, -0.2) is 47.2 Å². The Bertz CT molecular complexity index is 668. The third-order valence-electron chi connectivity index (χ3n) is 3.06. The van der Waals surface area contributed by atoms with Gasteiger partial charge in [-0.2, -0.15) is 0 Å². The van der Waals surface area contributed by atoms with Gasteiger partial charge in [-0.05, 0) is 38.1 Å². The van der Waals surface area contributed by atoms with Crippen LogP contribution in [0.25, 0.3) is 0 Å². The second-order valence-electron chi connectivity index (χ2n) is 4.75. The summed E-state index contributed by atoms with van der Waals surface area (Å²) in [4.78, 5) is 3.67. The monoisotopic (exact) mass is 355 g/mol. The smallest absolute Gasteiger partial charge is 0.242 e. The molecule has 0 bridgehead atoms. The summed E-state index contributed by atoms with van der Waals surface area (Å²) in [6, 6.07) is 2.36. The zero-order valence-corrected chi connectivity index (χ0v) is 13.9. The minimum absolute atomic E-state index is 0. The molecule has 2 rings (SSSR count). The second kappa shape index (κ2) is 7.01. The van der Waals surface area contributed by atoms with E-state index >= 15 is 0 Å². The van der Waals surface area contributed by atoms with Crippen LogP contribution in [0.1, 0.15) is 12.8 Å². The highest BCUT2D eigenvalue weighted by atomic mass is 35.5. The van der Waals surface area contributed by atoms with E-state index in [1.54, 1.807) is 0 Å². The van der Waals surface area contributed by atoms with E-state index in [-0.39, 0.29) is 28.4 Å². The van der Waals surface area contributed by atoms with Crippen LogP contribution in [0.4, 0.5) is 0 Å². The Morgan fingerprint density at radius 3 is 2.29 bits per heavy atom. The molecule has 1 aromatic rings. The summed E-state index contributed by atoms with van der Waals surface area (Å²) in [5.41, 5.74) is 0. The van der Waals surface area contributed by atoms with E-state index in [1.165, 1.54) is 12.1 Å². The van der Waals surface area contributed by atoms with Gasteiger partial charge in [0.25, 0.3) is 0 Å². The molecule has 0 atom stereocenters. The van der Waals surface area contributed by atoms with Gasteiger partial charge in [0.2, 0.25) is 10.0 Å². The normalized spacial score (nSPS) is 17.2. The molecule has 1 aliphatic rings. The van der Waals surface area contributed by atoms with Crippen molar-refractivity contribution >= 4 is 32.3 Å². The molecule has 0 unspecified atom stereocenters. The van der Waals surface area contributed by atoms with E-state index in [0.29, 0.717) is 0 Å². The highest BCUT2D eigenvalue weighted by molar-refractivity contribution is 7.90. The van der Waals surface area contributed by atoms with Gasteiger partial charge >= 0.3 is 0 Å². The van der Waals surface area contributed by atoms with Crippen LogP contribution in [0.5, 0.6) is 0 Å². The first-order chi connectivity index (χ1) is 9.29. The van der Waals surface area contributed by atoms with Crippen LogP contribution < -0.4 is 10.0 Å². The van der Waals surface area contributed by atoms with Crippen molar-refractivity contribution < 1.29 is 16.8 Å². The number of sulfonamides is 1. The number of aromatic nitrogens is 1. The van der Waals surface area contributed by atoms with Crippen molar-refractivity contribution in [3.05, 3.63) is 18.3 Å². The summed E-state index contributed by atoms with van der Waals surface area (Å²) in [6.45, 7) is 1.55. The standard InChI is InChI=1S/C11H17N3O4S2.ClH/c1-19(15,16)11-3-2-10(8-13-11)20(17,18)14-9-4-6-12-7-5-9;/h2-3,8-9,12,14H,4-7H2,1H3;1H. The second-order valence-corrected chi connectivity index (χ2v) is 8.43. The van der Waals surface area contributed by atoms with Crippen molar-refractivity contribution in [2.75, 3.05) is 19.3 Å². The molecule has 1 aliphatic heterocycles. The largest absolute Gasteiger partial charge is 0.317 e. The summed E-state index contributed by atoms with van der Waals surface area (Å²) in [5.74, 6) is 0. The van der Waals surface area contributed by atoms with Crippen molar-refractivity contribution in [2.45, 2.75) is 28.8 Å². The predicted molar refractivity (Wildman–Crippen MR) is 80.8 cm³/mol. The quantitative estimate of drug-likeness (QED) is 0.783. The van der Waals surface area contributed by atoms with E-state index < -0.39 is 19.9 Å². The molecular formula is C11H18ClN3O4S2. The first kappa shape index (κ1) is 18.3. The zero-order valence-electron chi connectivity index (χ0n) is 11.4. The zero-order chi connectivity index (χ0) is 14.8. The molecule has 1 aromatic heterocycles. The van der Waals surface area contributed by atoms with Crippen LogP contribution in [-0.2, 0) is 19.9 Å². The average Bonchev–Trinajstić information content (AvgIpc) is 2.38. The Kier molecular flexibility index (Phi) is 6.11. The Morgan fingerprint density at radius 2 is 1.81 bits per heavy atom. The lowest BCUT2D eigenvalue weighted by Crippen LogP contribution is -2.42. The lowest BCUT2D eigenvalue weighted by molar-refractivity contribution is 0.427. The van der Waals surface area contributed by atoms with Gasteiger partial charge in [-0.25, -0.2) is 26.5 Å². The topological polar surface area (TPSA) is 105 Å². The number of nitrogens with zero attached hydrogens (tertiary/aromatic N) is 1.